The predicted molar refractivity (Wildman–Crippen MR) is 68.6 cm³/mol. The fourth-order valence-corrected chi connectivity index (χ4v) is 1.53. The van der Waals surface area contributed by atoms with Crippen molar-refractivity contribution in [1.29, 1.82) is 0 Å². The zero-order valence-electron chi connectivity index (χ0n) is 11.5. The highest BCUT2D eigenvalue weighted by atomic mass is 16.2. The zero-order chi connectivity index (χ0) is 14.1. The van der Waals surface area contributed by atoms with Crippen LogP contribution in [0.2, 0.25) is 0 Å². The van der Waals surface area contributed by atoms with Crippen molar-refractivity contribution < 1.29 is 4.79 Å². The van der Waals surface area contributed by atoms with Gasteiger partial charge in [0.05, 0.1) is 0 Å². The van der Waals surface area contributed by atoms with E-state index in [1.165, 1.54) is 0 Å². The second-order valence-electron chi connectivity index (χ2n) is 5.62. The topological polar surface area (TPSA) is 94.9 Å². The first-order valence-corrected chi connectivity index (χ1v) is 5.87. The van der Waals surface area contributed by atoms with E-state index in [-0.39, 0.29) is 23.9 Å². The molecule has 0 fully saturated rings. The van der Waals surface area contributed by atoms with Crippen LogP contribution in [0.5, 0.6) is 0 Å². The fourth-order valence-electron chi connectivity index (χ4n) is 1.53. The van der Waals surface area contributed by atoms with Crippen LogP contribution in [0.25, 0.3) is 0 Å². The molecule has 18 heavy (non-hydrogen) atoms. The third kappa shape index (κ3) is 3.35. The first kappa shape index (κ1) is 14.3. The number of aromatic nitrogens is 3. The zero-order valence-corrected chi connectivity index (χ0v) is 11.5. The van der Waals surface area contributed by atoms with Crippen LogP contribution in [-0.2, 0) is 11.3 Å². The van der Waals surface area contributed by atoms with Gasteiger partial charge in [-0.25, -0.2) is 9.48 Å². The molecule has 0 aromatic carbocycles. The Hall–Kier alpha value is -1.79. The number of nitrogens with zero attached hydrogens (tertiary/aromatic N) is 3. The Balaban J connectivity index is 2.90. The highest BCUT2D eigenvalue weighted by molar-refractivity contribution is 5.76. The summed E-state index contributed by atoms with van der Waals surface area (Å²) in [5, 5.41) is 6.82. The van der Waals surface area contributed by atoms with E-state index in [1.807, 2.05) is 34.6 Å². The van der Waals surface area contributed by atoms with Gasteiger partial charge in [0, 0.05) is 11.5 Å². The van der Waals surface area contributed by atoms with E-state index in [1.54, 1.807) is 0 Å². The minimum absolute atomic E-state index is 0.0228. The number of hydrogen-bond donors (Lipinski definition) is 2. The predicted octanol–water partition coefficient (Wildman–Crippen LogP) is -0.203. The van der Waals surface area contributed by atoms with Crippen LogP contribution in [0.4, 0.5) is 0 Å². The fraction of sp³-hybridized carbons (Fsp3) is 0.727. The lowest BCUT2D eigenvalue weighted by Crippen LogP contribution is -2.44. The molecule has 7 nitrogen and oxygen atoms in total. The number of nitrogen functional groups attached to an aromatic ring is 1. The molecule has 1 heterocycles. The van der Waals surface area contributed by atoms with Crippen molar-refractivity contribution in [2.24, 2.45) is 0 Å². The number of rotatable bonds is 3. The van der Waals surface area contributed by atoms with Crippen molar-refractivity contribution in [3.63, 3.8) is 0 Å². The average molecular weight is 255 g/mol. The van der Waals surface area contributed by atoms with E-state index in [9.17, 15) is 9.59 Å². The molecule has 1 aromatic rings. The number of carbonyl (C=O) groups is 1. The van der Waals surface area contributed by atoms with Gasteiger partial charge in [-0.1, -0.05) is 13.8 Å². The smallest absolute Gasteiger partial charge is 0.350 e. The van der Waals surface area contributed by atoms with Gasteiger partial charge in [0.25, 0.3) is 0 Å². The monoisotopic (exact) mass is 255 g/mol. The second-order valence-corrected chi connectivity index (χ2v) is 5.62. The number of hydrogen-bond acceptors (Lipinski definition) is 4. The van der Waals surface area contributed by atoms with Gasteiger partial charge in [0.15, 0.2) is 5.82 Å². The van der Waals surface area contributed by atoms with Gasteiger partial charge >= 0.3 is 5.69 Å². The summed E-state index contributed by atoms with van der Waals surface area (Å²) in [5.74, 6) is 5.82. The second kappa shape index (κ2) is 4.83. The molecule has 3 N–H and O–H groups in total. The summed E-state index contributed by atoms with van der Waals surface area (Å²) < 4.78 is 2.06. The largest absolute Gasteiger partial charge is 0.365 e. The molecule has 0 aliphatic carbocycles. The molecular formula is C11H21N5O2. The van der Waals surface area contributed by atoms with Crippen LogP contribution in [0.1, 0.15) is 46.4 Å². The molecule has 0 saturated carbocycles. The number of amides is 1. The molecule has 0 aliphatic rings. The molecule has 7 heteroatoms. The Morgan fingerprint density at radius 3 is 2.39 bits per heavy atom. The number of nitrogens with one attached hydrogen (secondary N) is 1. The molecule has 0 unspecified atom stereocenters. The van der Waals surface area contributed by atoms with Gasteiger partial charge in [0.1, 0.15) is 6.54 Å². The summed E-state index contributed by atoms with van der Waals surface area (Å²) >= 11 is 0. The maximum absolute atomic E-state index is 11.8. The lowest BCUT2D eigenvalue weighted by atomic mass is 10.1. The van der Waals surface area contributed by atoms with Gasteiger partial charge in [-0.2, -0.15) is 9.77 Å². The molecule has 0 spiro atoms. The first-order chi connectivity index (χ1) is 8.11. The molecular weight excluding hydrogens is 234 g/mol. The summed E-state index contributed by atoms with van der Waals surface area (Å²) in [6.45, 7) is 9.24. The number of nitrogens with two attached hydrogens (primary N) is 1. The lowest BCUT2D eigenvalue weighted by molar-refractivity contribution is -0.123. The molecule has 1 amide bonds. The van der Waals surface area contributed by atoms with E-state index in [0.29, 0.717) is 5.82 Å². The van der Waals surface area contributed by atoms with Gasteiger partial charge in [-0.3, -0.25) is 4.79 Å². The van der Waals surface area contributed by atoms with Crippen LogP contribution >= 0.6 is 0 Å². The highest BCUT2D eigenvalue weighted by Crippen LogP contribution is 2.06. The van der Waals surface area contributed by atoms with Gasteiger partial charge in [0.2, 0.25) is 5.91 Å². The Bertz CT molecular complexity index is 493. The van der Waals surface area contributed by atoms with E-state index >= 15 is 0 Å². The third-order valence-corrected chi connectivity index (χ3v) is 2.22. The minimum Gasteiger partial charge on any atom is -0.350 e. The van der Waals surface area contributed by atoms with Crippen molar-refractivity contribution in [1.82, 2.24) is 19.8 Å². The van der Waals surface area contributed by atoms with Gasteiger partial charge in [-0.05, 0) is 20.8 Å². The standard InChI is InChI=1S/C11H21N5O2/c1-7(2)9-14-15(10(18)16(9)12)6-8(17)13-11(3,4)5/h7H,6,12H2,1-5H3,(H,13,17). The van der Waals surface area contributed by atoms with Crippen LogP contribution < -0.4 is 16.8 Å². The molecule has 0 aliphatic heterocycles. The van der Waals surface area contributed by atoms with Crippen molar-refractivity contribution >= 4 is 5.91 Å². The highest BCUT2D eigenvalue weighted by Gasteiger charge is 2.18. The average Bonchev–Trinajstić information content (AvgIpc) is 2.43. The summed E-state index contributed by atoms with van der Waals surface area (Å²) in [5.41, 5.74) is -0.824. The van der Waals surface area contributed by atoms with E-state index < -0.39 is 5.69 Å². The maximum atomic E-state index is 11.8. The molecule has 1 aromatic heterocycles. The van der Waals surface area contributed by atoms with Crippen molar-refractivity contribution in [2.45, 2.75) is 52.6 Å². The Morgan fingerprint density at radius 1 is 1.44 bits per heavy atom. The SMILES string of the molecule is CC(C)c1nn(CC(=O)NC(C)(C)C)c(=O)n1N. The minimum atomic E-state index is -0.484. The van der Waals surface area contributed by atoms with Crippen molar-refractivity contribution in [3.05, 3.63) is 16.3 Å². The van der Waals surface area contributed by atoms with Crippen LogP contribution in [0.15, 0.2) is 4.79 Å². The first-order valence-electron chi connectivity index (χ1n) is 5.87. The third-order valence-electron chi connectivity index (χ3n) is 2.22. The molecule has 0 saturated heterocycles. The summed E-state index contributed by atoms with van der Waals surface area (Å²) in [4.78, 5) is 23.5. The molecule has 1 rings (SSSR count). The van der Waals surface area contributed by atoms with Gasteiger partial charge < -0.3 is 11.2 Å². The number of carbonyl (C=O) groups excluding carboxylic acids is 1. The lowest BCUT2D eigenvalue weighted by Gasteiger charge is -2.20. The normalized spacial score (nSPS) is 11.9. The maximum Gasteiger partial charge on any atom is 0.365 e. The van der Waals surface area contributed by atoms with Crippen molar-refractivity contribution in [2.75, 3.05) is 5.84 Å². The summed E-state index contributed by atoms with van der Waals surface area (Å²) in [6.07, 6.45) is 0. The molecule has 0 bridgehead atoms. The Labute approximate surface area is 106 Å². The molecule has 102 valence electrons. The van der Waals surface area contributed by atoms with Crippen molar-refractivity contribution in [3.8, 4) is 0 Å². The quantitative estimate of drug-likeness (QED) is 0.731. The Kier molecular flexibility index (Phi) is 3.83. The van der Waals surface area contributed by atoms with Gasteiger partial charge in [-0.15, -0.1) is 0 Å². The van der Waals surface area contributed by atoms with E-state index in [2.05, 4.69) is 10.4 Å². The van der Waals surface area contributed by atoms with Crippen LogP contribution in [0.3, 0.4) is 0 Å². The molecule has 0 atom stereocenters. The van der Waals surface area contributed by atoms with Crippen LogP contribution in [-0.4, -0.2) is 25.9 Å². The Morgan fingerprint density at radius 2 is 2.00 bits per heavy atom. The van der Waals surface area contributed by atoms with E-state index in [0.717, 1.165) is 9.36 Å². The van der Waals surface area contributed by atoms with E-state index in [4.69, 9.17) is 5.84 Å². The van der Waals surface area contributed by atoms with Crippen LogP contribution in [0, 0.1) is 0 Å². The summed E-state index contributed by atoms with van der Waals surface area (Å²) in [7, 11) is 0. The summed E-state index contributed by atoms with van der Waals surface area (Å²) in [6, 6.07) is 0. The molecule has 0 radical (unpaired) electrons.